The highest BCUT2D eigenvalue weighted by atomic mass is 32.1. The average molecular weight is 287 g/mol. The zero-order chi connectivity index (χ0) is 14.1. The van der Waals surface area contributed by atoms with E-state index in [0.717, 1.165) is 30.8 Å². The van der Waals surface area contributed by atoms with E-state index in [1.54, 1.807) is 5.51 Å². The van der Waals surface area contributed by atoms with Gasteiger partial charge in [-0.3, -0.25) is 4.79 Å². The number of aromatic nitrogens is 1. The number of anilines is 2. The van der Waals surface area contributed by atoms with Crippen LogP contribution >= 0.6 is 11.3 Å². The maximum atomic E-state index is 12.2. The molecule has 1 aromatic carbocycles. The van der Waals surface area contributed by atoms with E-state index in [0.29, 0.717) is 4.88 Å². The van der Waals surface area contributed by atoms with Gasteiger partial charge in [0.15, 0.2) is 0 Å². The number of thiazole rings is 1. The molecule has 0 atom stereocenters. The quantitative estimate of drug-likeness (QED) is 0.923. The number of benzene rings is 1. The summed E-state index contributed by atoms with van der Waals surface area (Å²) >= 11 is 1.37. The van der Waals surface area contributed by atoms with Gasteiger partial charge in [0.05, 0.1) is 11.2 Å². The topological polar surface area (TPSA) is 45.2 Å². The van der Waals surface area contributed by atoms with Crippen molar-refractivity contribution in [2.45, 2.75) is 19.8 Å². The van der Waals surface area contributed by atoms with Gasteiger partial charge in [0, 0.05) is 25.0 Å². The second-order valence-electron chi connectivity index (χ2n) is 5.09. The Morgan fingerprint density at radius 3 is 3.05 bits per heavy atom. The van der Waals surface area contributed by atoms with Crippen molar-refractivity contribution < 1.29 is 4.79 Å². The van der Waals surface area contributed by atoms with E-state index >= 15 is 0 Å². The molecule has 0 saturated heterocycles. The first-order valence-corrected chi connectivity index (χ1v) is 7.58. The highest BCUT2D eigenvalue weighted by molar-refractivity contribution is 7.12. The molecule has 4 nitrogen and oxygen atoms in total. The molecule has 5 heteroatoms. The number of fused-ring (bicyclic) bond motifs is 1. The Bertz CT molecular complexity index is 650. The molecule has 1 N–H and O–H groups in total. The Kier molecular flexibility index (Phi) is 3.44. The van der Waals surface area contributed by atoms with E-state index in [2.05, 4.69) is 34.4 Å². The minimum absolute atomic E-state index is 0.0749. The van der Waals surface area contributed by atoms with Crippen molar-refractivity contribution in [3.63, 3.8) is 0 Å². The van der Waals surface area contributed by atoms with Crippen LogP contribution in [0.15, 0.2) is 23.7 Å². The number of aryl methyl sites for hydroxylation is 2. The number of rotatable bonds is 2. The molecule has 1 aliphatic rings. The standard InChI is InChI=1S/C15H17N3OS/c1-10-14(20-9-16-10)15(19)17-12-5-6-13-11(8-12)4-3-7-18(13)2/h5-6,8-9H,3-4,7H2,1-2H3,(H,17,19). The van der Waals surface area contributed by atoms with E-state index in [1.807, 2.05) is 13.0 Å². The van der Waals surface area contributed by atoms with Gasteiger partial charge in [-0.1, -0.05) is 0 Å². The van der Waals surface area contributed by atoms with Crippen LogP contribution in [0.4, 0.5) is 11.4 Å². The summed E-state index contributed by atoms with van der Waals surface area (Å²) in [4.78, 5) is 19.2. The third-order valence-electron chi connectivity index (χ3n) is 3.64. The molecule has 0 fully saturated rings. The van der Waals surface area contributed by atoms with Crippen molar-refractivity contribution >= 4 is 28.6 Å². The molecule has 1 aliphatic heterocycles. The highest BCUT2D eigenvalue weighted by Gasteiger charge is 2.16. The van der Waals surface area contributed by atoms with Gasteiger partial charge in [-0.15, -0.1) is 11.3 Å². The Balaban J connectivity index is 1.82. The first-order valence-electron chi connectivity index (χ1n) is 6.70. The number of carbonyl (C=O) groups is 1. The molecule has 2 heterocycles. The van der Waals surface area contributed by atoms with E-state index in [1.165, 1.54) is 22.6 Å². The summed E-state index contributed by atoms with van der Waals surface area (Å²) < 4.78 is 0. The van der Waals surface area contributed by atoms with E-state index in [9.17, 15) is 4.79 Å². The van der Waals surface area contributed by atoms with Crippen molar-refractivity contribution in [3.8, 4) is 0 Å². The summed E-state index contributed by atoms with van der Waals surface area (Å²) in [5.41, 5.74) is 5.91. The molecule has 1 amide bonds. The van der Waals surface area contributed by atoms with Crippen LogP contribution in [-0.2, 0) is 6.42 Å². The zero-order valence-corrected chi connectivity index (χ0v) is 12.5. The van der Waals surface area contributed by atoms with Gasteiger partial charge in [0.1, 0.15) is 4.88 Å². The summed E-state index contributed by atoms with van der Waals surface area (Å²) in [6, 6.07) is 6.14. The summed E-state index contributed by atoms with van der Waals surface area (Å²) in [7, 11) is 2.11. The summed E-state index contributed by atoms with van der Waals surface area (Å²) in [5.74, 6) is -0.0749. The van der Waals surface area contributed by atoms with Gasteiger partial charge < -0.3 is 10.2 Å². The molecular formula is C15H17N3OS. The van der Waals surface area contributed by atoms with Crippen LogP contribution in [0, 0.1) is 6.92 Å². The van der Waals surface area contributed by atoms with Gasteiger partial charge in [0.25, 0.3) is 5.91 Å². The molecule has 0 aliphatic carbocycles. The van der Waals surface area contributed by atoms with Gasteiger partial charge in [0.2, 0.25) is 0 Å². The largest absolute Gasteiger partial charge is 0.374 e. The van der Waals surface area contributed by atoms with Crippen molar-refractivity contribution in [1.29, 1.82) is 0 Å². The summed E-state index contributed by atoms with van der Waals surface area (Å²) in [6.07, 6.45) is 2.23. The van der Waals surface area contributed by atoms with Crippen molar-refractivity contribution in [2.75, 3.05) is 23.8 Å². The van der Waals surface area contributed by atoms with Gasteiger partial charge in [-0.2, -0.15) is 0 Å². The first-order chi connectivity index (χ1) is 9.65. The second-order valence-corrected chi connectivity index (χ2v) is 5.94. The SMILES string of the molecule is Cc1ncsc1C(=O)Nc1ccc2c(c1)CCCN2C. The molecule has 20 heavy (non-hydrogen) atoms. The fourth-order valence-corrected chi connectivity index (χ4v) is 3.27. The minimum Gasteiger partial charge on any atom is -0.374 e. The Morgan fingerprint density at radius 2 is 2.30 bits per heavy atom. The third-order valence-corrected chi connectivity index (χ3v) is 4.57. The maximum Gasteiger partial charge on any atom is 0.267 e. The molecule has 0 radical (unpaired) electrons. The average Bonchev–Trinajstić information content (AvgIpc) is 2.85. The first kappa shape index (κ1) is 13.1. The monoisotopic (exact) mass is 287 g/mol. The number of hydrogen-bond acceptors (Lipinski definition) is 4. The van der Waals surface area contributed by atoms with Crippen LogP contribution in [0.3, 0.4) is 0 Å². The molecule has 0 saturated carbocycles. The Labute approximate surface area is 122 Å². The van der Waals surface area contributed by atoms with E-state index in [4.69, 9.17) is 0 Å². The molecule has 3 rings (SSSR count). The van der Waals surface area contributed by atoms with Gasteiger partial charge in [-0.05, 0) is 43.5 Å². The van der Waals surface area contributed by atoms with Crippen LogP contribution in [-0.4, -0.2) is 24.5 Å². The maximum absolute atomic E-state index is 12.2. The van der Waals surface area contributed by atoms with E-state index < -0.39 is 0 Å². The van der Waals surface area contributed by atoms with Crippen LogP contribution in [0.2, 0.25) is 0 Å². The predicted molar refractivity (Wildman–Crippen MR) is 82.8 cm³/mol. The molecule has 0 spiro atoms. The van der Waals surface area contributed by atoms with Crippen molar-refractivity contribution in [2.24, 2.45) is 0 Å². The van der Waals surface area contributed by atoms with Crippen LogP contribution in [0.25, 0.3) is 0 Å². The molecule has 1 aromatic heterocycles. The minimum atomic E-state index is -0.0749. The fraction of sp³-hybridized carbons (Fsp3) is 0.333. The normalized spacial score (nSPS) is 14.0. The molecule has 2 aromatic rings. The van der Waals surface area contributed by atoms with Gasteiger partial charge >= 0.3 is 0 Å². The molecule has 0 bridgehead atoms. The lowest BCUT2D eigenvalue weighted by molar-refractivity contribution is 0.103. The number of nitrogens with zero attached hydrogens (tertiary/aromatic N) is 2. The lowest BCUT2D eigenvalue weighted by Crippen LogP contribution is -2.24. The summed E-state index contributed by atoms with van der Waals surface area (Å²) in [6.45, 7) is 2.95. The molecular weight excluding hydrogens is 270 g/mol. The fourth-order valence-electron chi connectivity index (χ4n) is 2.57. The third kappa shape index (κ3) is 2.41. The lowest BCUT2D eigenvalue weighted by Gasteiger charge is -2.27. The number of hydrogen-bond donors (Lipinski definition) is 1. The molecule has 0 unspecified atom stereocenters. The van der Waals surface area contributed by atoms with Crippen LogP contribution in [0.5, 0.6) is 0 Å². The Hall–Kier alpha value is -1.88. The van der Waals surface area contributed by atoms with E-state index in [-0.39, 0.29) is 5.91 Å². The smallest absolute Gasteiger partial charge is 0.267 e. The van der Waals surface area contributed by atoms with Crippen LogP contribution < -0.4 is 10.2 Å². The van der Waals surface area contributed by atoms with Gasteiger partial charge in [-0.25, -0.2) is 4.98 Å². The molecule has 104 valence electrons. The van der Waals surface area contributed by atoms with Crippen LogP contribution in [0.1, 0.15) is 27.3 Å². The number of amides is 1. The predicted octanol–water partition coefficient (Wildman–Crippen LogP) is 3.09. The Morgan fingerprint density at radius 1 is 1.45 bits per heavy atom. The number of nitrogens with one attached hydrogen (secondary N) is 1. The highest BCUT2D eigenvalue weighted by Crippen LogP contribution is 2.28. The number of carbonyl (C=O) groups excluding carboxylic acids is 1. The second kappa shape index (κ2) is 5.25. The van der Waals surface area contributed by atoms with Crippen molar-refractivity contribution in [3.05, 3.63) is 39.8 Å². The lowest BCUT2D eigenvalue weighted by atomic mass is 10.0. The zero-order valence-electron chi connectivity index (χ0n) is 11.6. The van der Waals surface area contributed by atoms with Crippen molar-refractivity contribution in [1.82, 2.24) is 4.98 Å². The summed E-state index contributed by atoms with van der Waals surface area (Å²) in [5, 5.41) is 2.96.